The van der Waals surface area contributed by atoms with E-state index in [4.69, 9.17) is 27.9 Å². The van der Waals surface area contributed by atoms with Crippen LogP contribution in [0.4, 0.5) is 0 Å². The molecule has 0 saturated heterocycles. The summed E-state index contributed by atoms with van der Waals surface area (Å²) in [6, 6.07) is 7.57. The molecule has 80 valence electrons. The minimum atomic E-state index is -0.494. The van der Waals surface area contributed by atoms with E-state index < -0.39 is 5.60 Å². The van der Waals surface area contributed by atoms with Crippen molar-refractivity contribution in [3.8, 4) is 0 Å². The minimum Gasteiger partial charge on any atom is -0.342 e. The summed E-state index contributed by atoms with van der Waals surface area (Å²) in [6.07, 6.45) is 0. The summed E-state index contributed by atoms with van der Waals surface area (Å²) in [5.41, 5.74) is 1.40. The Morgan fingerprint density at radius 2 is 2.07 bits per heavy atom. The van der Waals surface area contributed by atoms with Crippen LogP contribution in [0.15, 0.2) is 29.3 Å². The molecule has 1 unspecified atom stereocenters. The average molecular weight is 244 g/mol. The number of aliphatic imine (C=N–C) groups is 1. The molecule has 1 aromatic rings. The van der Waals surface area contributed by atoms with E-state index in [0.717, 1.165) is 11.3 Å². The van der Waals surface area contributed by atoms with Crippen molar-refractivity contribution in [3.05, 3.63) is 34.9 Å². The SMILES string of the molecule is CC1(c2ccc(Cl)cc2)OCN=C1CCl. The summed E-state index contributed by atoms with van der Waals surface area (Å²) in [5.74, 6) is 0.388. The Morgan fingerprint density at radius 3 is 2.67 bits per heavy atom. The fraction of sp³-hybridized carbons (Fsp3) is 0.364. The third-order valence-corrected chi connectivity index (χ3v) is 3.19. The molecule has 15 heavy (non-hydrogen) atoms. The molecular weight excluding hydrogens is 233 g/mol. The van der Waals surface area contributed by atoms with Crippen molar-refractivity contribution in [2.45, 2.75) is 12.5 Å². The molecule has 0 saturated carbocycles. The first-order valence-electron chi connectivity index (χ1n) is 4.66. The van der Waals surface area contributed by atoms with Gasteiger partial charge in [0.1, 0.15) is 12.3 Å². The van der Waals surface area contributed by atoms with Gasteiger partial charge in [-0.15, -0.1) is 11.6 Å². The summed E-state index contributed by atoms with van der Waals surface area (Å²) < 4.78 is 5.64. The molecule has 2 nitrogen and oxygen atoms in total. The second kappa shape index (κ2) is 4.12. The number of rotatable bonds is 2. The number of halogens is 2. The lowest BCUT2D eigenvalue weighted by Crippen LogP contribution is -2.32. The molecule has 0 aliphatic carbocycles. The second-order valence-electron chi connectivity index (χ2n) is 3.55. The fourth-order valence-corrected chi connectivity index (χ4v) is 2.13. The Balaban J connectivity index is 2.37. The lowest BCUT2D eigenvalue weighted by molar-refractivity contribution is 0.0442. The highest BCUT2D eigenvalue weighted by Crippen LogP contribution is 2.32. The molecular formula is C11H11Cl2NO. The topological polar surface area (TPSA) is 21.6 Å². The van der Waals surface area contributed by atoms with Gasteiger partial charge in [-0.2, -0.15) is 0 Å². The average Bonchev–Trinajstić information content (AvgIpc) is 2.61. The summed E-state index contributed by atoms with van der Waals surface area (Å²) >= 11 is 11.7. The molecule has 0 amide bonds. The molecule has 0 spiro atoms. The summed E-state index contributed by atoms with van der Waals surface area (Å²) in [4.78, 5) is 4.24. The number of nitrogens with zero attached hydrogens (tertiary/aromatic N) is 1. The van der Waals surface area contributed by atoms with Crippen molar-refractivity contribution in [3.63, 3.8) is 0 Å². The molecule has 0 bridgehead atoms. The standard InChI is InChI=1S/C11H11Cl2NO/c1-11(10(6-12)14-7-15-11)8-2-4-9(13)5-3-8/h2-5H,6-7H2,1H3. The van der Waals surface area contributed by atoms with E-state index in [0.29, 0.717) is 17.6 Å². The van der Waals surface area contributed by atoms with Gasteiger partial charge >= 0.3 is 0 Å². The van der Waals surface area contributed by atoms with Gasteiger partial charge in [0.2, 0.25) is 0 Å². The van der Waals surface area contributed by atoms with E-state index >= 15 is 0 Å². The van der Waals surface area contributed by atoms with Crippen molar-refractivity contribution in [1.29, 1.82) is 0 Å². The van der Waals surface area contributed by atoms with Crippen molar-refractivity contribution >= 4 is 28.9 Å². The highest BCUT2D eigenvalue weighted by molar-refractivity contribution is 6.31. The highest BCUT2D eigenvalue weighted by atomic mass is 35.5. The van der Waals surface area contributed by atoms with E-state index in [1.807, 2.05) is 31.2 Å². The van der Waals surface area contributed by atoms with Gasteiger partial charge in [0.05, 0.1) is 11.6 Å². The second-order valence-corrected chi connectivity index (χ2v) is 4.26. The monoisotopic (exact) mass is 243 g/mol. The predicted molar refractivity (Wildman–Crippen MR) is 62.9 cm³/mol. The maximum atomic E-state index is 5.84. The summed E-state index contributed by atoms with van der Waals surface area (Å²) in [5, 5.41) is 0.713. The van der Waals surface area contributed by atoms with Crippen LogP contribution in [0.1, 0.15) is 12.5 Å². The molecule has 0 N–H and O–H groups in total. The Labute approximate surface area is 98.9 Å². The Kier molecular flexibility index (Phi) is 3.01. The van der Waals surface area contributed by atoms with Gasteiger partial charge in [-0.25, -0.2) is 0 Å². The summed E-state index contributed by atoms with van der Waals surface area (Å²) in [7, 11) is 0. The normalized spacial score (nSPS) is 25.4. The van der Waals surface area contributed by atoms with E-state index in [1.165, 1.54) is 0 Å². The van der Waals surface area contributed by atoms with Gasteiger partial charge in [0.25, 0.3) is 0 Å². The molecule has 2 rings (SSSR count). The van der Waals surface area contributed by atoms with Gasteiger partial charge in [0, 0.05) is 5.02 Å². The maximum absolute atomic E-state index is 5.84. The van der Waals surface area contributed by atoms with Crippen LogP contribution in [0.2, 0.25) is 5.02 Å². The van der Waals surface area contributed by atoms with E-state index in [9.17, 15) is 0 Å². The smallest absolute Gasteiger partial charge is 0.139 e. The van der Waals surface area contributed by atoms with Crippen LogP contribution in [-0.2, 0) is 10.3 Å². The minimum absolute atomic E-state index is 0.376. The van der Waals surface area contributed by atoms with Gasteiger partial charge < -0.3 is 4.74 Å². The van der Waals surface area contributed by atoms with Gasteiger partial charge in [0.15, 0.2) is 0 Å². The molecule has 1 aliphatic rings. The molecule has 1 atom stereocenters. The van der Waals surface area contributed by atoms with Crippen LogP contribution in [-0.4, -0.2) is 18.3 Å². The first-order chi connectivity index (χ1) is 7.16. The van der Waals surface area contributed by atoms with Crippen LogP contribution in [0.25, 0.3) is 0 Å². The zero-order chi connectivity index (χ0) is 10.9. The molecule has 1 heterocycles. The highest BCUT2D eigenvalue weighted by Gasteiger charge is 2.36. The Bertz CT molecular complexity index is 388. The maximum Gasteiger partial charge on any atom is 0.139 e. The third kappa shape index (κ3) is 1.89. The predicted octanol–water partition coefficient (Wildman–Crippen LogP) is 3.22. The Hall–Kier alpha value is -0.570. The molecule has 1 aromatic carbocycles. The van der Waals surface area contributed by atoms with E-state index in [2.05, 4.69) is 4.99 Å². The Morgan fingerprint density at radius 1 is 1.40 bits per heavy atom. The number of ether oxygens (including phenoxy) is 1. The lowest BCUT2D eigenvalue weighted by Gasteiger charge is -2.25. The molecule has 1 aliphatic heterocycles. The van der Waals surface area contributed by atoms with Crippen LogP contribution in [0.5, 0.6) is 0 Å². The van der Waals surface area contributed by atoms with Crippen LogP contribution < -0.4 is 0 Å². The number of hydrogen-bond donors (Lipinski definition) is 0. The first kappa shape index (κ1) is 10.9. The van der Waals surface area contributed by atoms with Gasteiger partial charge in [-0.05, 0) is 24.6 Å². The summed E-state index contributed by atoms with van der Waals surface area (Å²) in [6.45, 7) is 2.35. The number of alkyl halides is 1. The van der Waals surface area contributed by atoms with Crippen LogP contribution in [0.3, 0.4) is 0 Å². The van der Waals surface area contributed by atoms with Crippen molar-refractivity contribution < 1.29 is 4.74 Å². The zero-order valence-corrected chi connectivity index (χ0v) is 9.85. The molecule has 0 radical (unpaired) electrons. The van der Waals surface area contributed by atoms with Gasteiger partial charge in [-0.1, -0.05) is 23.7 Å². The van der Waals surface area contributed by atoms with E-state index in [1.54, 1.807) is 0 Å². The largest absolute Gasteiger partial charge is 0.342 e. The number of benzene rings is 1. The third-order valence-electron chi connectivity index (χ3n) is 2.68. The van der Waals surface area contributed by atoms with Crippen molar-refractivity contribution in [2.24, 2.45) is 4.99 Å². The quantitative estimate of drug-likeness (QED) is 0.732. The van der Waals surface area contributed by atoms with Crippen molar-refractivity contribution in [1.82, 2.24) is 0 Å². The zero-order valence-electron chi connectivity index (χ0n) is 8.34. The van der Waals surface area contributed by atoms with E-state index in [-0.39, 0.29) is 0 Å². The van der Waals surface area contributed by atoms with Crippen LogP contribution >= 0.6 is 23.2 Å². The molecule has 0 aromatic heterocycles. The van der Waals surface area contributed by atoms with Crippen molar-refractivity contribution in [2.75, 3.05) is 12.6 Å². The fourth-order valence-electron chi connectivity index (χ4n) is 1.66. The first-order valence-corrected chi connectivity index (χ1v) is 5.58. The molecule has 0 fully saturated rings. The lowest BCUT2D eigenvalue weighted by atomic mass is 9.92. The van der Waals surface area contributed by atoms with Gasteiger partial charge in [-0.3, -0.25) is 4.99 Å². The number of hydrogen-bond acceptors (Lipinski definition) is 2. The van der Waals surface area contributed by atoms with Crippen LogP contribution in [0, 0.1) is 0 Å². The molecule has 4 heteroatoms.